The molecule has 36 heavy (non-hydrogen) atoms. The van der Waals surface area contributed by atoms with Crippen molar-refractivity contribution in [2.45, 2.75) is 13.1 Å². The summed E-state index contributed by atoms with van der Waals surface area (Å²) in [6.45, 7) is 4.85. The summed E-state index contributed by atoms with van der Waals surface area (Å²) in [5.74, 6) is 2.35. The molecule has 0 unspecified atom stereocenters. The lowest BCUT2D eigenvalue weighted by molar-refractivity contribution is -0.0334. The number of methoxy groups -OCH3 is 1. The fourth-order valence-corrected chi connectivity index (χ4v) is 4.23. The molecule has 6 rings (SSSR count). The summed E-state index contributed by atoms with van der Waals surface area (Å²) in [6, 6.07) is 15.3. The second kappa shape index (κ2) is 11.3. The van der Waals surface area contributed by atoms with E-state index in [-0.39, 0.29) is 5.78 Å². The lowest BCUT2D eigenvalue weighted by atomic mass is 10.0. The van der Waals surface area contributed by atoms with E-state index in [9.17, 15) is 4.79 Å². The minimum Gasteiger partial charge on any atom is -0.496 e. The van der Waals surface area contributed by atoms with Crippen molar-refractivity contribution in [1.82, 2.24) is 9.88 Å². The molecule has 186 valence electrons. The molecule has 8 nitrogen and oxygen atoms in total. The highest BCUT2D eigenvalue weighted by molar-refractivity contribution is 6.15. The molecule has 4 heterocycles. The van der Waals surface area contributed by atoms with E-state index in [1.54, 1.807) is 31.6 Å². The molecule has 1 aromatic heterocycles. The van der Waals surface area contributed by atoms with Crippen LogP contribution in [0.1, 0.15) is 27.0 Å². The Hall–Kier alpha value is -3.72. The summed E-state index contributed by atoms with van der Waals surface area (Å²) in [5.41, 5.74) is 3.34. The maximum atomic E-state index is 12.9. The Morgan fingerprint density at radius 1 is 1.03 bits per heavy atom. The number of para-hydroxylation sites is 1. The SMILES string of the molecule is C1COCCO1.COc1ccccc1CN1COc2ccc3c(c2C1)O/C(=C\c1cccnc1)C3=O. The lowest BCUT2D eigenvalue weighted by Crippen LogP contribution is -2.31. The number of ketones is 1. The third-order valence-corrected chi connectivity index (χ3v) is 5.99. The number of nitrogens with zero attached hydrogens (tertiary/aromatic N) is 2. The highest BCUT2D eigenvalue weighted by Gasteiger charge is 2.33. The number of allylic oxidation sites excluding steroid dienone is 1. The molecule has 8 heteroatoms. The van der Waals surface area contributed by atoms with E-state index < -0.39 is 0 Å². The maximum absolute atomic E-state index is 12.9. The molecule has 0 aliphatic carbocycles. The van der Waals surface area contributed by atoms with Crippen molar-refractivity contribution in [2.75, 3.05) is 40.3 Å². The van der Waals surface area contributed by atoms with Gasteiger partial charge in [-0.2, -0.15) is 0 Å². The van der Waals surface area contributed by atoms with Gasteiger partial charge in [-0.3, -0.25) is 14.7 Å². The minimum absolute atomic E-state index is 0.126. The Bertz CT molecular complexity index is 1230. The van der Waals surface area contributed by atoms with Crippen LogP contribution in [0, 0.1) is 0 Å². The first-order valence-corrected chi connectivity index (χ1v) is 11.9. The molecule has 0 saturated carbocycles. The van der Waals surface area contributed by atoms with E-state index in [0.717, 1.165) is 54.6 Å². The first-order chi connectivity index (χ1) is 17.7. The number of carbonyl (C=O) groups is 1. The third-order valence-electron chi connectivity index (χ3n) is 5.99. The van der Waals surface area contributed by atoms with Crippen molar-refractivity contribution >= 4 is 11.9 Å². The zero-order valence-corrected chi connectivity index (χ0v) is 20.1. The molecule has 2 aromatic carbocycles. The van der Waals surface area contributed by atoms with Gasteiger partial charge in [-0.05, 0) is 35.9 Å². The van der Waals surface area contributed by atoms with Crippen LogP contribution in [0.4, 0.5) is 0 Å². The number of rotatable bonds is 4. The quantitative estimate of drug-likeness (QED) is 0.508. The summed E-state index contributed by atoms with van der Waals surface area (Å²) in [4.78, 5) is 19.1. The van der Waals surface area contributed by atoms with E-state index in [0.29, 0.717) is 36.9 Å². The van der Waals surface area contributed by atoms with E-state index >= 15 is 0 Å². The van der Waals surface area contributed by atoms with E-state index in [4.69, 9.17) is 23.7 Å². The number of Topliss-reactive ketones (excluding diaryl/α,β-unsaturated/α-hetero) is 1. The van der Waals surface area contributed by atoms with E-state index in [1.165, 1.54) is 0 Å². The van der Waals surface area contributed by atoms with Crippen molar-refractivity contribution in [3.8, 4) is 17.2 Å². The second-order valence-corrected chi connectivity index (χ2v) is 8.44. The predicted octanol–water partition coefficient (Wildman–Crippen LogP) is 4.09. The Balaban J connectivity index is 0.000000391. The summed E-state index contributed by atoms with van der Waals surface area (Å²) < 4.78 is 27.3. The minimum atomic E-state index is -0.126. The summed E-state index contributed by atoms with van der Waals surface area (Å²) >= 11 is 0. The fraction of sp³-hybridized carbons (Fsp3) is 0.286. The standard InChI is InChI=1S/C24H20N2O4.C4H8O2/c1-28-20-7-3-2-6-17(20)13-26-14-19-21(29-15-26)9-8-18-23(27)22(30-24(18)19)11-16-5-4-10-25-12-16;1-2-6-4-3-5-1/h2-12H,13-15H2,1H3;1-4H2/b22-11-;. The molecule has 0 radical (unpaired) electrons. The van der Waals surface area contributed by atoms with Crippen LogP contribution in [0.25, 0.3) is 6.08 Å². The van der Waals surface area contributed by atoms with Crippen LogP contribution in [0.15, 0.2) is 66.7 Å². The van der Waals surface area contributed by atoms with Crippen molar-refractivity contribution in [3.63, 3.8) is 0 Å². The van der Waals surface area contributed by atoms with Crippen LogP contribution in [-0.4, -0.2) is 55.9 Å². The number of ether oxygens (including phenoxy) is 5. The number of aromatic nitrogens is 1. The Labute approximate surface area is 210 Å². The largest absolute Gasteiger partial charge is 0.496 e. The molecular weight excluding hydrogens is 460 g/mol. The van der Waals surface area contributed by atoms with Gasteiger partial charge in [0.25, 0.3) is 0 Å². The summed E-state index contributed by atoms with van der Waals surface area (Å²) in [7, 11) is 1.67. The normalized spacial score (nSPS) is 17.8. The molecule has 1 saturated heterocycles. The molecule has 0 N–H and O–H groups in total. The maximum Gasteiger partial charge on any atom is 0.231 e. The van der Waals surface area contributed by atoms with Gasteiger partial charge in [-0.1, -0.05) is 24.3 Å². The Kier molecular flexibility index (Phi) is 7.56. The van der Waals surface area contributed by atoms with Gasteiger partial charge in [0.2, 0.25) is 5.78 Å². The van der Waals surface area contributed by atoms with Gasteiger partial charge in [0.1, 0.15) is 24.0 Å². The zero-order chi connectivity index (χ0) is 24.7. The van der Waals surface area contributed by atoms with Crippen molar-refractivity contribution < 1.29 is 28.5 Å². The van der Waals surface area contributed by atoms with Crippen LogP contribution in [0.5, 0.6) is 17.2 Å². The molecule has 0 bridgehead atoms. The molecule has 0 spiro atoms. The average molecular weight is 489 g/mol. The molecule has 0 amide bonds. The van der Waals surface area contributed by atoms with Crippen LogP contribution in [0.3, 0.4) is 0 Å². The van der Waals surface area contributed by atoms with Crippen LogP contribution in [-0.2, 0) is 22.6 Å². The zero-order valence-electron chi connectivity index (χ0n) is 20.1. The summed E-state index contributed by atoms with van der Waals surface area (Å²) in [5, 5.41) is 0. The number of benzene rings is 2. The van der Waals surface area contributed by atoms with Crippen LogP contribution in [0.2, 0.25) is 0 Å². The fourth-order valence-electron chi connectivity index (χ4n) is 4.23. The number of fused-ring (bicyclic) bond motifs is 3. The average Bonchev–Trinajstić information content (AvgIpc) is 3.26. The number of pyridine rings is 1. The van der Waals surface area contributed by atoms with Crippen LogP contribution >= 0.6 is 0 Å². The monoisotopic (exact) mass is 488 g/mol. The lowest BCUT2D eigenvalue weighted by Gasteiger charge is -2.30. The van der Waals surface area contributed by atoms with Gasteiger partial charge in [0.15, 0.2) is 5.76 Å². The molecule has 1 fully saturated rings. The number of hydrogen-bond acceptors (Lipinski definition) is 8. The second-order valence-electron chi connectivity index (χ2n) is 8.44. The molecule has 3 aromatic rings. The van der Waals surface area contributed by atoms with E-state index in [1.807, 2.05) is 42.5 Å². The summed E-state index contributed by atoms with van der Waals surface area (Å²) in [6.07, 6.45) is 5.11. The van der Waals surface area contributed by atoms with Gasteiger partial charge in [-0.25, -0.2) is 0 Å². The predicted molar refractivity (Wildman–Crippen MR) is 133 cm³/mol. The van der Waals surface area contributed by atoms with Crippen LogP contribution < -0.4 is 14.2 Å². The van der Waals surface area contributed by atoms with E-state index in [2.05, 4.69) is 9.88 Å². The molecule has 3 aliphatic rings. The topological polar surface area (TPSA) is 79.3 Å². The van der Waals surface area contributed by atoms with Gasteiger partial charge in [0, 0.05) is 31.0 Å². The molecule has 3 aliphatic heterocycles. The molecular formula is C28H28N2O6. The number of carbonyl (C=O) groups excluding carboxylic acids is 1. The van der Waals surface area contributed by atoms with Crippen molar-refractivity contribution in [3.05, 3.63) is 88.9 Å². The Morgan fingerprint density at radius 2 is 1.83 bits per heavy atom. The van der Waals surface area contributed by atoms with Gasteiger partial charge in [0.05, 0.1) is 44.7 Å². The highest BCUT2D eigenvalue weighted by Crippen LogP contribution is 2.42. The molecule has 0 atom stereocenters. The first-order valence-electron chi connectivity index (χ1n) is 11.9. The van der Waals surface area contributed by atoms with Gasteiger partial charge in [-0.15, -0.1) is 0 Å². The highest BCUT2D eigenvalue weighted by atomic mass is 16.6. The first kappa shape index (κ1) is 24.0. The smallest absolute Gasteiger partial charge is 0.231 e. The van der Waals surface area contributed by atoms with Crippen molar-refractivity contribution in [2.24, 2.45) is 0 Å². The third kappa shape index (κ3) is 5.41. The van der Waals surface area contributed by atoms with Crippen molar-refractivity contribution in [1.29, 1.82) is 0 Å². The van der Waals surface area contributed by atoms with Gasteiger partial charge >= 0.3 is 0 Å². The number of hydrogen-bond donors (Lipinski definition) is 0. The Morgan fingerprint density at radius 3 is 2.56 bits per heavy atom. The van der Waals surface area contributed by atoms with Gasteiger partial charge < -0.3 is 23.7 Å².